The Morgan fingerprint density at radius 1 is 1.16 bits per heavy atom. The normalized spacial score (nSPS) is 16.9. The minimum Gasteiger partial charge on any atom is -0.496 e. The van der Waals surface area contributed by atoms with E-state index in [2.05, 4.69) is 0 Å². The summed E-state index contributed by atoms with van der Waals surface area (Å²) in [7, 11) is 1.59. The van der Waals surface area contributed by atoms with Crippen molar-refractivity contribution in [2.75, 3.05) is 7.11 Å². The van der Waals surface area contributed by atoms with Gasteiger partial charge in [0, 0.05) is 16.1 Å². The second kappa shape index (κ2) is 4.59. The van der Waals surface area contributed by atoms with Crippen molar-refractivity contribution in [3.05, 3.63) is 64.2 Å². The van der Waals surface area contributed by atoms with Gasteiger partial charge in [0.05, 0.1) is 12.7 Å². The molecule has 1 aliphatic rings. The maximum atomic E-state index is 11.9. The molecule has 1 aliphatic heterocycles. The fourth-order valence-electron chi connectivity index (χ4n) is 2.28. The van der Waals surface area contributed by atoms with Crippen molar-refractivity contribution >= 4 is 17.6 Å². The largest absolute Gasteiger partial charge is 0.496 e. The number of carbonyl (C=O) groups excluding carboxylic acids is 1. The second-order valence-corrected chi connectivity index (χ2v) is 4.70. The van der Waals surface area contributed by atoms with E-state index in [1.54, 1.807) is 25.3 Å². The molecule has 2 aromatic rings. The average Bonchev–Trinajstić information content (AvgIpc) is 2.75. The summed E-state index contributed by atoms with van der Waals surface area (Å²) in [5.41, 5.74) is 2.15. The number of rotatable bonds is 2. The minimum absolute atomic E-state index is 0.331. The Kier molecular flexibility index (Phi) is 2.91. The van der Waals surface area contributed by atoms with Gasteiger partial charge in [-0.2, -0.15) is 0 Å². The van der Waals surface area contributed by atoms with Crippen LogP contribution in [-0.2, 0) is 4.74 Å². The molecule has 3 rings (SSSR count). The molecular weight excluding hydrogens is 264 g/mol. The number of ether oxygens (including phenoxy) is 2. The molecule has 0 amide bonds. The fraction of sp³-hybridized carbons (Fsp3) is 0.133. The minimum atomic E-state index is -0.461. The molecule has 19 heavy (non-hydrogen) atoms. The van der Waals surface area contributed by atoms with E-state index in [0.29, 0.717) is 16.3 Å². The molecule has 0 aromatic heterocycles. The number of para-hydroxylation sites is 1. The lowest BCUT2D eigenvalue weighted by Gasteiger charge is -2.14. The van der Waals surface area contributed by atoms with E-state index in [-0.39, 0.29) is 5.97 Å². The number of halogens is 1. The zero-order chi connectivity index (χ0) is 13.4. The Bertz CT molecular complexity index is 652. The van der Waals surface area contributed by atoms with Gasteiger partial charge >= 0.3 is 5.97 Å². The van der Waals surface area contributed by atoms with Gasteiger partial charge in [0.2, 0.25) is 0 Å². The highest BCUT2D eigenvalue weighted by molar-refractivity contribution is 6.30. The van der Waals surface area contributed by atoms with Crippen molar-refractivity contribution in [2.45, 2.75) is 6.10 Å². The summed E-state index contributed by atoms with van der Waals surface area (Å²) in [4.78, 5) is 11.9. The summed E-state index contributed by atoms with van der Waals surface area (Å²) in [5.74, 6) is 0.357. The molecule has 0 spiro atoms. The molecular formula is C15H11ClO3. The van der Waals surface area contributed by atoms with Crippen molar-refractivity contribution in [3.63, 3.8) is 0 Å². The predicted octanol–water partition coefficient (Wildman–Crippen LogP) is 3.61. The first-order valence-electron chi connectivity index (χ1n) is 5.84. The molecule has 0 aliphatic carbocycles. The lowest BCUT2D eigenvalue weighted by atomic mass is 9.98. The summed E-state index contributed by atoms with van der Waals surface area (Å²) in [6.07, 6.45) is -0.461. The van der Waals surface area contributed by atoms with E-state index >= 15 is 0 Å². The molecule has 1 unspecified atom stereocenters. The van der Waals surface area contributed by atoms with Gasteiger partial charge in [0.1, 0.15) is 5.75 Å². The van der Waals surface area contributed by atoms with Crippen LogP contribution in [0.25, 0.3) is 0 Å². The van der Waals surface area contributed by atoms with Crippen LogP contribution in [0.5, 0.6) is 5.75 Å². The van der Waals surface area contributed by atoms with Crippen LogP contribution >= 0.6 is 11.6 Å². The third kappa shape index (κ3) is 1.96. The molecule has 0 fully saturated rings. The maximum absolute atomic E-state index is 11.9. The fourth-order valence-corrected chi connectivity index (χ4v) is 2.46. The molecule has 96 valence electrons. The Balaban J connectivity index is 2.14. The number of cyclic esters (lactones) is 1. The maximum Gasteiger partial charge on any atom is 0.339 e. The predicted molar refractivity (Wildman–Crippen MR) is 71.7 cm³/mol. The van der Waals surface area contributed by atoms with E-state index in [9.17, 15) is 4.79 Å². The summed E-state index contributed by atoms with van der Waals surface area (Å²) in [6, 6.07) is 12.6. The first-order chi connectivity index (χ1) is 9.20. The number of hydrogen-bond acceptors (Lipinski definition) is 3. The van der Waals surface area contributed by atoms with Crippen LogP contribution in [0.1, 0.15) is 27.6 Å². The SMILES string of the molecule is COc1ccccc1C1OC(=O)c2ccc(Cl)cc21. The van der Waals surface area contributed by atoms with Crippen molar-refractivity contribution in [2.24, 2.45) is 0 Å². The average molecular weight is 275 g/mol. The van der Waals surface area contributed by atoms with Gasteiger partial charge in [-0.1, -0.05) is 29.8 Å². The summed E-state index contributed by atoms with van der Waals surface area (Å²) < 4.78 is 10.8. The summed E-state index contributed by atoms with van der Waals surface area (Å²) >= 11 is 6.00. The number of fused-ring (bicyclic) bond motifs is 1. The third-order valence-electron chi connectivity index (χ3n) is 3.16. The highest BCUT2D eigenvalue weighted by Gasteiger charge is 2.33. The van der Waals surface area contributed by atoms with Gasteiger partial charge in [-0.25, -0.2) is 4.79 Å². The Hall–Kier alpha value is -2.00. The van der Waals surface area contributed by atoms with Crippen molar-refractivity contribution in [1.29, 1.82) is 0 Å². The van der Waals surface area contributed by atoms with E-state index in [1.165, 1.54) is 0 Å². The first kappa shape index (κ1) is 12.1. The number of methoxy groups -OCH3 is 1. The number of hydrogen-bond donors (Lipinski definition) is 0. The monoisotopic (exact) mass is 274 g/mol. The van der Waals surface area contributed by atoms with E-state index in [1.807, 2.05) is 24.3 Å². The topological polar surface area (TPSA) is 35.5 Å². The molecule has 3 nitrogen and oxygen atoms in total. The number of carbonyl (C=O) groups is 1. The zero-order valence-corrected chi connectivity index (χ0v) is 11.0. The van der Waals surface area contributed by atoms with Gasteiger partial charge < -0.3 is 9.47 Å². The first-order valence-corrected chi connectivity index (χ1v) is 6.22. The Morgan fingerprint density at radius 2 is 1.95 bits per heavy atom. The highest BCUT2D eigenvalue weighted by Crippen LogP contribution is 2.40. The van der Waals surface area contributed by atoms with Gasteiger partial charge in [-0.3, -0.25) is 0 Å². The molecule has 0 N–H and O–H groups in total. The van der Waals surface area contributed by atoms with Gasteiger partial charge in [0.25, 0.3) is 0 Å². The van der Waals surface area contributed by atoms with Gasteiger partial charge in [-0.05, 0) is 24.3 Å². The number of benzene rings is 2. The van der Waals surface area contributed by atoms with Crippen LogP contribution in [0.3, 0.4) is 0 Å². The van der Waals surface area contributed by atoms with Crippen LogP contribution in [0, 0.1) is 0 Å². The van der Waals surface area contributed by atoms with E-state index in [0.717, 1.165) is 11.1 Å². The summed E-state index contributed by atoms with van der Waals surface area (Å²) in [5, 5.41) is 0.581. The highest BCUT2D eigenvalue weighted by atomic mass is 35.5. The molecule has 0 radical (unpaired) electrons. The van der Waals surface area contributed by atoms with Crippen LogP contribution in [-0.4, -0.2) is 13.1 Å². The molecule has 1 atom stereocenters. The van der Waals surface area contributed by atoms with Crippen LogP contribution in [0.2, 0.25) is 5.02 Å². The van der Waals surface area contributed by atoms with Crippen molar-refractivity contribution < 1.29 is 14.3 Å². The standard InChI is InChI=1S/C15H11ClO3/c1-18-13-5-3-2-4-11(13)14-12-8-9(16)6-7-10(12)15(17)19-14/h2-8,14H,1H3. The molecule has 1 heterocycles. The Morgan fingerprint density at radius 3 is 2.74 bits per heavy atom. The molecule has 0 saturated carbocycles. The van der Waals surface area contributed by atoms with E-state index in [4.69, 9.17) is 21.1 Å². The summed E-state index contributed by atoms with van der Waals surface area (Å²) in [6.45, 7) is 0. The third-order valence-corrected chi connectivity index (χ3v) is 3.40. The van der Waals surface area contributed by atoms with Gasteiger partial charge in [0.15, 0.2) is 6.10 Å². The van der Waals surface area contributed by atoms with Crippen LogP contribution in [0.4, 0.5) is 0 Å². The zero-order valence-electron chi connectivity index (χ0n) is 10.2. The second-order valence-electron chi connectivity index (χ2n) is 4.26. The molecule has 2 aromatic carbocycles. The van der Waals surface area contributed by atoms with Crippen LogP contribution in [0.15, 0.2) is 42.5 Å². The lowest BCUT2D eigenvalue weighted by molar-refractivity contribution is 0.0452. The Labute approximate surface area is 115 Å². The smallest absolute Gasteiger partial charge is 0.339 e. The lowest BCUT2D eigenvalue weighted by Crippen LogP contribution is -2.03. The molecule has 4 heteroatoms. The quantitative estimate of drug-likeness (QED) is 0.785. The van der Waals surface area contributed by atoms with Gasteiger partial charge in [-0.15, -0.1) is 0 Å². The molecule has 0 saturated heterocycles. The van der Waals surface area contributed by atoms with Crippen LogP contribution < -0.4 is 4.74 Å². The van der Waals surface area contributed by atoms with Crippen molar-refractivity contribution in [1.82, 2.24) is 0 Å². The number of esters is 1. The van der Waals surface area contributed by atoms with E-state index < -0.39 is 6.10 Å². The molecule has 0 bridgehead atoms. The van der Waals surface area contributed by atoms with Crippen molar-refractivity contribution in [3.8, 4) is 5.75 Å².